The summed E-state index contributed by atoms with van der Waals surface area (Å²) >= 11 is 3.39. The number of aryl methyl sites for hydroxylation is 1. The van der Waals surface area contributed by atoms with Crippen molar-refractivity contribution in [3.05, 3.63) is 63.1 Å². The molecular formula is C17H18BrNO. The van der Waals surface area contributed by atoms with Gasteiger partial charge in [-0.05, 0) is 36.6 Å². The summed E-state index contributed by atoms with van der Waals surface area (Å²) in [5.74, 6) is 0.0125. The number of rotatable bonds is 4. The van der Waals surface area contributed by atoms with Gasteiger partial charge in [-0.1, -0.05) is 53.5 Å². The fraction of sp³-hybridized carbons (Fsp3) is 0.235. The molecule has 0 aliphatic heterocycles. The Hall–Kier alpha value is -1.61. The Bertz CT molecular complexity index is 632. The Morgan fingerprint density at radius 1 is 1.20 bits per heavy atom. The summed E-state index contributed by atoms with van der Waals surface area (Å²) in [5.41, 5.74) is 9.99. The van der Waals surface area contributed by atoms with Crippen molar-refractivity contribution in [2.24, 2.45) is 0 Å². The van der Waals surface area contributed by atoms with Crippen LogP contribution in [0.15, 0.2) is 40.9 Å². The number of hydrogen-bond acceptors (Lipinski definition) is 2. The van der Waals surface area contributed by atoms with Crippen LogP contribution >= 0.6 is 15.9 Å². The molecule has 0 amide bonds. The van der Waals surface area contributed by atoms with E-state index in [1.54, 1.807) is 0 Å². The topological polar surface area (TPSA) is 43.1 Å². The molecule has 0 saturated carbocycles. The molecule has 20 heavy (non-hydrogen) atoms. The SMILES string of the molecule is CCCc1ccc(C(=O)c2cc(Br)cc(N)c2C)cc1. The molecule has 0 unspecified atom stereocenters. The summed E-state index contributed by atoms with van der Waals surface area (Å²) in [4.78, 5) is 12.6. The van der Waals surface area contributed by atoms with Crippen LogP contribution in [0.2, 0.25) is 0 Å². The van der Waals surface area contributed by atoms with Crippen LogP contribution in [0.1, 0.15) is 40.4 Å². The van der Waals surface area contributed by atoms with Gasteiger partial charge in [0.15, 0.2) is 5.78 Å². The smallest absolute Gasteiger partial charge is 0.193 e. The average molecular weight is 332 g/mol. The van der Waals surface area contributed by atoms with Crippen LogP contribution in [0.5, 0.6) is 0 Å². The van der Waals surface area contributed by atoms with E-state index >= 15 is 0 Å². The van der Waals surface area contributed by atoms with Gasteiger partial charge in [0.1, 0.15) is 0 Å². The molecule has 0 aliphatic rings. The molecule has 0 aliphatic carbocycles. The molecule has 0 heterocycles. The first kappa shape index (κ1) is 14.8. The maximum absolute atomic E-state index is 12.6. The van der Waals surface area contributed by atoms with Gasteiger partial charge in [-0.3, -0.25) is 4.79 Å². The van der Waals surface area contributed by atoms with Crippen molar-refractivity contribution < 1.29 is 4.79 Å². The quantitative estimate of drug-likeness (QED) is 0.661. The molecule has 3 heteroatoms. The number of halogens is 1. The number of anilines is 1. The summed E-state index contributed by atoms with van der Waals surface area (Å²) < 4.78 is 0.826. The van der Waals surface area contributed by atoms with E-state index in [1.807, 2.05) is 43.3 Å². The lowest BCUT2D eigenvalue weighted by molar-refractivity contribution is 0.103. The third kappa shape index (κ3) is 3.10. The number of ketones is 1. The van der Waals surface area contributed by atoms with Crippen LogP contribution in [0, 0.1) is 6.92 Å². The van der Waals surface area contributed by atoms with E-state index in [1.165, 1.54) is 5.56 Å². The predicted molar refractivity (Wildman–Crippen MR) is 87.2 cm³/mol. The molecule has 2 rings (SSSR count). The van der Waals surface area contributed by atoms with Gasteiger partial charge >= 0.3 is 0 Å². The normalized spacial score (nSPS) is 10.6. The molecule has 2 aromatic rings. The largest absolute Gasteiger partial charge is 0.398 e. The Morgan fingerprint density at radius 2 is 1.85 bits per heavy atom. The second-order valence-electron chi connectivity index (χ2n) is 4.94. The molecule has 0 bridgehead atoms. The molecule has 0 radical (unpaired) electrons. The van der Waals surface area contributed by atoms with Gasteiger partial charge in [0.25, 0.3) is 0 Å². The van der Waals surface area contributed by atoms with Crippen LogP contribution in [0.25, 0.3) is 0 Å². The Balaban J connectivity index is 2.36. The van der Waals surface area contributed by atoms with Crippen molar-refractivity contribution in [1.29, 1.82) is 0 Å². The number of carbonyl (C=O) groups is 1. The maximum Gasteiger partial charge on any atom is 0.193 e. The van der Waals surface area contributed by atoms with E-state index in [0.29, 0.717) is 16.8 Å². The molecule has 0 aromatic heterocycles. The number of hydrogen-bond donors (Lipinski definition) is 1. The lowest BCUT2D eigenvalue weighted by Crippen LogP contribution is -2.06. The molecular weight excluding hydrogens is 314 g/mol. The first-order chi connectivity index (χ1) is 9.52. The van der Waals surface area contributed by atoms with Crippen molar-refractivity contribution in [1.82, 2.24) is 0 Å². The summed E-state index contributed by atoms with van der Waals surface area (Å²) in [6.07, 6.45) is 2.14. The van der Waals surface area contributed by atoms with E-state index in [0.717, 1.165) is 22.9 Å². The Kier molecular flexibility index (Phi) is 4.61. The zero-order chi connectivity index (χ0) is 14.7. The fourth-order valence-corrected chi connectivity index (χ4v) is 2.68. The van der Waals surface area contributed by atoms with E-state index < -0.39 is 0 Å². The van der Waals surface area contributed by atoms with E-state index in [2.05, 4.69) is 22.9 Å². The van der Waals surface area contributed by atoms with E-state index in [-0.39, 0.29) is 5.78 Å². The standard InChI is InChI=1S/C17H18BrNO/c1-3-4-12-5-7-13(8-6-12)17(20)15-9-14(18)10-16(19)11(15)2/h5-10H,3-4,19H2,1-2H3. The monoisotopic (exact) mass is 331 g/mol. The second kappa shape index (κ2) is 6.23. The highest BCUT2D eigenvalue weighted by Gasteiger charge is 2.14. The summed E-state index contributed by atoms with van der Waals surface area (Å²) in [6, 6.07) is 11.5. The van der Waals surface area contributed by atoms with Crippen LogP contribution in [-0.2, 0) is 6.42 Å². The van der Waals surface area contributed by atoms with Crippen molar-refractivity contribution in [3.63, 3.8) is 0 Å². The summed E-state index contributed by atoms with van der Waals surface area (Å²) in [6.45, 7) is 4.02. The molecule has 2 N–H and O–H groups in total. The van der Waals surface area contributed by atoms with Crippen LogP contribution < -0.4 is 5.73 Å². The van der Waals surface area contributed by atoms with Gasteiger partial charge < -0.3 is 5.73 Å². The van der Waals surface area contributed by atoms with Gasteiger partial charge in [-0.25, -0.2) is 0 Å². The molecule has 2 nitrogen and oxygen atoms in total. The molecule has 2 aromatic carbocycles. The molecule has 0 fully saturated rings. The van der Waals surface area contributed by atoms with Gasteiger partial charge in [-0.15, -0.1) is 0 Å². The number of carbonyl (C=O) groups excluding carboxylic acids is 1. The first-order valence-corrected chi connectivity index (χ1v) is 7.51. The van der Waals surface area contributed by atoms with Crippen molar-refractivity contribution >= 4 is 27.4 Å². The third-order valence-electron chi connectivity index (χ3n) is 3.41. The minimum Gasteiger partial charge on any atom is -0.398 e. The van der Waals surface area contributed by atoms with Crippen LogP contribution in [0.3, 0.4) is 0 Å². The highest BCUT2D eigenvalue weighted by atomic mass is 79.9. The molecule has 0 saturated heterocycles. The molecule has 0 atom stereocenters. The van der Waals surface area contributed by atoms with Crippen molar-refractivity contribution in [2.45, 2.75) is 26.7 Å². The first-order valence-electron chi connectivity index (χ1n) is 6.72. The second-order valence-corrected chi connectivity index (χ2v) is 5.86. The summed E-state index contributed by atoms with van der Waals surface area (Å²) in [5, 5.41) is 0. The van der Waals surface area contributed by atoms with Crippen LogP contribution in [-0.4, -0.2) is 5.78 Å². The Morgan fingerprint density at radius 3 is 2.45 bits per heavy atom. The Labute approximate surface area is 128 Å². The van der Waals surface area contributed by atoms with Gasteiger partial charge in [0.2, 0.25) is 0 Å². The highest BCUT2D eigenvalue weighted by molar-refractivity contribution is 9.10. The molecule has 104 valence electrons. The minimum atomic E-state index is 0.0125. The zero-order valence-electron chi connectivity index (χ0n) is 11.7. The van der Waals surface area contributed by atoms with E-state index in [9.17, 15) is 4.79 Å². The number of benzene rings is 2. The van der Waals surface area contributed by atoms with Crippen LogP contribution in [0.4, 0.5) is 5.69 Å². The minimum absolute atomic E-state index is 0.0125. The average Bonchev–Trinajstić information content (AvgIpc) is 2.43. The highest BCUT2D eigenvalue weighted by Crippen LogP contribution is 2.25. The van der Waals surface area contributed by atoms with Gasteiger partial charge in [0, 0.05) is 21.3 Å². The number of nitrogen functional groups attached to an aromatic ring is 1. The van der Waals surface area contributed by atoms with Gasteiger partial charge in [0.05, 0.1) is 0 Å². The van der Waals surface area contributed by atoms with Crippen molar-refractivity contribution in [3.8, 4) is 0 Å². The lowest BCUT2D eigenvalue weighted by atomic mass is 9.97. The summed E-state index contributed by atoms with van der Waals surface area (Å²) in [7, 11) is 0. The zero-order valence-corrected chi connectivity index (χ0v) is 13.3. The molecule has 0 spiro atoms. The lowest BCUT2D eigenvalue weighted by Gasteiger charge is -2.09. The third-order valence-corrected chi connectivity index (χ3v) is 3.87. The van der Waals surface area contributed by atoms with Crippen molar-refractivity contribution in [2.75, 3.05) is 5.73 Å². The van der Waals surface area contributed by atoms with Gasteiger partial charge in [-0.2, -0.15) is 0 Å². The predicted octanol–water partition coefficient (Wildman–Crippen LogP) is 4.52. The van der Waals surface area contributed by atoms with E-state index in [4.69, 9.17) is 5.73 Å². The number of nitrogens with two attached hydrogens (primary N) is 1. The fourth-order valence-electron chi connectivity index (χ4n) is 2.20. The maximum atomic E-state index is 12.6.